The van der Waals surface area contributed by atoms with Gasteiger partial charge in [0.1, 0.15) is 0 Å². The van der Waals surface area contributed by atoms with Gasteiger partial charge in [0.25, 0.3) is 5.91 Å². The molecule has 0 atom stereocenters. The Morgan fingerprint density at radius 2 is 1.78 bits per heavy atom. The third-order valence-electron chi connectivity index (χ3n) is 4.00. The predicted octanol–water partition coefficient (Wildman–Crippen LogP) is 4.38. The molecule has 5 heteroatoms. The third-order valence-corrected chi connectivity index (χ3v) is 4.76. The summed E-state index contributed by atoms with van der Waals surface area (Å²) in [4.78, 5) is 20.6. The molecule has 116 valence electrons. The molecule has 0 radical (unpaired) electrons. The van der Waals surface area contributed by atoms with Gasteiger partial charge in [-0.25, -0.2) is 4.98 Å². The fourth-order valence-electron chi connectivity index (χ4n) is 2.36. The Hall–Kier alpha value is -2.53. The number of rotatable bonds is 3. The van der Waals surface area contributed by atoms with Gasteiger partial charge in [0.15, 0.2) is 5.13 Å². The lowest BCUT2D eigenvalue weighted by molar-refractivity contribution is 0.102. The molecule has 0 aliphatic heterocycles. The average Bonchev–Trinajstić information content (AvgIpc) is 3.02. The zero-order valence-corrected chi connectivity index (χ0v) is 14.1. The van der Waals surface area contributed by atoms with E-state index in [0.717, 1.165) is 11.3 Å². The highest BCUT2D eigenvalue weighted by Gasteiger charge is 2.12. The van der Waals surface area contributed by atoms with Crippen LogP contribution in [0.1, 0.15) is 27.0 Å². The van der Waals surface area contributed by atoms with Crippen molar-refractivity contribution in [1.82, 2.24) is 9.97 Å². The molecule has 0 fully saturated rings. The highest BCUT2D eigenvalue weighted by atomic mass is 32.1. The van der Waals surface area contributed by atoms with Gasteiger partial charge in [-0.15, -0.1) is 11.3 Å². The van der Waals surface area contributed by atoms with Crippen LogP contribution in [0.2, 0.25) is 0 Å². The first-order chi connectivity index (χ1) is 11.1. The Bertz CT molecular complexity index is 856. The van der Waals surface area contributed by atoms with E-state index in [1.54, 1.807) is 24.5 Å². The van der Waals surface area contributed by atoms with Crippen LogP contribution in [0.5, 0.6) is 0 Å². The summed E-state index contributed by atoms with van der Waals surface area (Å²) in [6.07, 6.45) is 3.20. The first-order valence-corrected chi connectivity index (χ1v) is 8.18. The lowest BCUT2D eigenvalue weighted by Crippen LogP contribution is -2.11. The average molecular weight is 323 g/mol. The molecule has 0 unspecified atom stereocenters. The summed E-state index contributed by atoms with van der Waals surface area (Å²) < 4.78 is 0. The normalized spacial score (nSPS) is 10.6. The Labute approximate surface area is 139 Å². The van der Waals surface area contributed by atoms with E-state index >= 15 is 0 Å². The molecule has 1 N–H and O–H groups in total. The second kappa shape index (κ2) is 6.30. The molecule has 23 heavy (non-hydrogen) atoms. The molecule has 0 saturated heterocycles. The smallest absolute Gasteiger partial charge is 0.257 e. The fraction of sp³-hybridized carbons (Fsp3) is 0.167. The van der Waals surface area contributed by atoms with Gasteiger partial charge in [0.2, 0.25) is 0 Å². The van der Waals surface area contributed by atoms with Crippen LogP contribution in [0.3, 0.4) is 0 Å². The molecule has 4 nitrogen and oxygen atoms in total. The summed E-state index contributed by atoms with van der Waals surface area (Å²) in [6.45, 7) is 6.33. The van der Waals surface area contributed by atoms with Crippen molar-refractivity contribution < 1.29 is 4.79 Å². The van der Waals surface area contributed by atoms with Crippen molar-refractivity contribution in [1.29, 1.82) is 0 Å². The van der Waals surface area contributed by atoms with Crippen LogP contribution in [-0.4, -0.2) is 15.9 Å². The van der Waals surface area contributed by atoms with Crippen LogP contribution in [0.4, 0.5) is 5.13 Å². The lowest BCUT2D eigenvalue weighted by atomic mass is 9.97. The zero-order valence-electron chi connectivity index (χ0n) is 13.3. The van der Waals surface area contributed by atoms with Crippen LogP contribution in [-0.2, 0) is 0 Å². The molecule has 3 rings (SSSR count). The van der Waals surface area contributed by atoms with Gasteiger partial charge in [0, 0.05) is 28.9 Å². The van der Waals surface area contributed by atoms with E-state index in [1.807, 2.05) is 5.38 Å². The standard InChI is InChI=1S/C18H17N3OS/c1-11-4-5-15(13(3)12(11)2)16-10-23-18(20-16)21-17(22)14-6-8-19-9-7-14/h4-10H,1-3H3,(H,20,21,22). The van der Waals surface area contributed by atoms with Gasteiger partial charge >= 0.3 is 0 Å². The maximum Gasteiger partial charge on any atom is 0.257 e. The van der Waals surface area contributed by atoms with Crippen LogP contribution < -0.4 is 5.32 Å². The summed E-state index contributed by atoms with van der Waals surface area (Å²) in [5.41, 5.74) is 6.33. The van der Waals surface area contributed by atoms with Gasteiger partial charge in [-0.3, -0.25) is 15.1 Å². The van der Waals surface area contributed by atoms with Crippen LogP contribution in [0, 0.1) is 20.8 Å². The number of hydrogen-bond acceptors (Lipinski definition) is 4. The van der Waals surface area contributed by atoms with Crippen LogP contribution >= 0.6 is 11.3 Å². The molecule has 2 aromatic heterocycles. The van der Waals surface area contributed by atoms with Crippen molar-refractivity contribution in [3.8, 4) is 11.3 Å². The summed E-state index contributed by atoms with van der Waals surface area (Å²) in [5, 5.41) is 5.40. The number of benzene rings is 1. The van der Waals surface area contributed by atoms with Crippen LogP contribution in [0.15, 0.2) is 42.0 Å². The zero-order chi connectivity index (χ0) is 16.4. The van der Waals surface area contributed by atoms with Gasteiger partial charge < -0.3 is 0 Å². The quantitative estimate of drug-likeness (QED) is 0.778. The largest absolute Gasteiger partial charge is 0.298 e. The van der Waals surface area contributed by atoms with Crippen molar-refractivity contribution in [3.63, 3.8) is 0 Å². The molecular formula is C18H17N3OS. The van der Waals surface area contributed by atoms with Crippen molar-refractivity contribution in [2.24, 2.45) is 0 Å². The third kappa shape index (κ3) is 3.14. The number of thiazole rings is 1. The van der Waals surface area contributed by atoms with E-state index in [2.05, 4.69) is 48.2 Å². The molecule has 2 heterocycles. The monoisotopic (exact) mass is 323 g/mol. The van der Waals surface area contributed by atoms with E-state index in [-0.39, 0.29) is 5.91 Å². The number of carbonyl (C=O) groups is 1. The van der Waals surface area contributed by atoms with Crippen molar-refractivity contribution in [3.05, 3.63) is 64.3 Å². The fourth-order valence-corrected chi connectivity index (χ4v) is 3.07. The molecule has 0 aliphatic rings. The number of hydrogen-bond donors (Lipinski definition) is 1. The molecule has 1 aromatic carbocycles. The van der Waals surface area contributed by atoms with E-state index in [4.69, 9.17) is 0 Å². The molecular weight excluding hydrogens is 306 g/mol. The SMILES string of the molecule is Cc1ccc(-c2csc(NC(=O)c3ccncc3)n2)c(C)c1C. The highest BCUT2D eigenvalue weighted by Crippen LogP contribution is 2.30. The van der Waals surface area contributed by atoms with Gasteiger partial charge in [-0.05, 0) is 49.6 Å². The topological polar surface area (TPSA) is 54.9 Å². The molecule has 0 bridgehead atoms. The first-order valence-electron chi connectivity index (χ1n) is 7.30. The Morgan fingerprint density at radius 1 is 1.04 bits per heavy atom. The molecule has 1 amide bonds. The molecule has 0 saturated carbocycles. The Morgan fingerprint density at radius 3 is 2.52 bits per heavy atom. The number of nitrogens with one attached hydrogen (secondary N) is 1. The number of pyridine rings is 1. The summed E-state index contributed by atoms with van der Waals surface area (Å²) in [5.74, 6) is -0.176. The second-order valence-corrected chi connectivity index (χ2v) is 6.27. The van der Waals surface area contributed by atoms with Gasteiger partial charge in [-0.1, -0.05) is 12.1 Å². The molecule has 3 aromatic rings. The van der Waals surface area contributed by atoms with Crippen molar-refractivity contribution in [2.75, 3.05) is 5.32 Å². The second-order valence-electron chi connectivity index (χ2n) is 5.41. The number of anilines is 1. The summed E-state index contributed by atoms with van der Waals surface area (Å²) in [7, 11) is 0. The van der Waals surface area contributed by atoms with Crippen LogP contribution in [0.25, 0.3) is 11.3 Å². The van der Waals surface area contributed by atoms with Gasteiger partial charge in [0.05, 0.1) is 5.69 Å². The first kappa shape index (κ1) is 15.4. The maximum absolute atomic E-state index is 12.2. The van der Waals surface area contributed by atoms with Crippen molar-refractivity contribution >= 4 is 22.4 Å². The lowest BCUT2D eigenvalue weighted by Gasteiger charge is -2.09. The minimum Gasteiger partial charge on any atom is -0.298 e. The molecule has 0 spiro atoms. The molecule has 0 aliphatic carbocycles. The van der Waals surface area contributed by atoms with Crippen molar-refractivity contribution in [2.45, 2.75) is 20.8 Å². The number of carbonyl (C=O) groups excluding carboxylic acids is 1. The minimum absolute atomic E-state index is 0.176. The van der Waals surface area contributed by atoms with Gasteiger partial charge in [-0.2, -0.15) is 0 Å². The number of nitrogens with zero attached hydrogens (tertiary/aromatic N) is 2. The summed E-state index contributed by atoms with van der Waals surface area (Å²) in [6, 6.07) is 7.54. The number of amides is 1. The predicted molar refractivity (Wildman–Crippen MR) is 94.0 cm³/mol. The number of aromatic nitrogens is 2. The van der Waals surface area contributed by atoms with E-state index in [0.29, 0.717) is 10.7 Å². The Balaban J connectivity index is 1.84. The highest BCUT2D eigenvalue weighted by molar-refractivity contribution is 7.14. The Kier molecular flexibility index (Phi) is 4.21. The summed E-state index contributed by atoms with van der Waals surface area (Å²) >= 11 is 1.43. The number of aryl methyl sites for hydroxylation is 1. The maximum atomic E-state index is 12.2. The van der Waals surface area contributed by atoms with E-state index in [9.17, 15) is 4.79 Å². The van der Waals surface area contributed by atoms with E-state index in [1.165, 1.54) is 28.0 Å². The van der Waals surface area contributed by atoms with E-state index < -0.39 is 0 Å². The minimum atomic E-state index is -0.176.